The second kappa shape index (κ2) is 6.52. The lowest BCUT2D eigenvalue weighted by atomic mass is 10.1. The Kier molecular flexibility index (Phi) is 4.50. The Bertz CT molecular complexity index is 486. The van der Waals surface area contributed by atoms with Crippen LogP contribution in [0.5, 0.6) is 0 Å². The molecule has 1 aliphatic heterocycles. The summed E-state index contributed by atoms with van der Waals surface area (Å²) in [6.45, 7) is 1.24. The van der Waals surface area contributed by atoms with Gasteiger partial charge in [0.1, 0.15) is 0 Å². The van der Waals surface area contributed by atoms with Crippen LogP contribution in [0, 0.1) is 0 Å². The molecule has 0 amide bonds. The standard InChI is InChI=1S/C18H22NP/c1-19-15-9-8-14-18(19)20(16-10-4-2-5-11-16)17-12-6-3-7-13-17/h2-7,10-13,18H,8-9,14-15H2,1H3. The summed E-state index contributed by atoms with van der Waals surface area (Å²) in [6, 6.07) is 22.2. The van der Waals surface area contributed by atoms with Crippen molar-refractivity contribution in [2.45, 2.75) is 25.0 Å². The van der Waals surface area contributed by atoms with Crippen molar-refractivity contribution in [2.75, 3.05) is 13.6 Å². The number of nitrogens with zero attached hydrogens (tertiary/aromatic N) is 1. The zero-order valence-electron chi connectivity index (χ0n) is 12.1. The van der Waals surface area contributed by atoms with Crippen molar-refractivity contribution >= 4 is 18.5 Å². The van der Waals surface area contributed by atoms with Crippen molar-refractivity contribution < 1.29 is 0 Å². The summed E-state index contributed by atoms with van der Waals surface area (Å²) in [5, 5.41) is 3.01. The zero-order valence-corrected chi connectivity index (χ0v) is 13.0. The minimum atomic E-state index is -0.282. The fourth-order valence-corrected chi connectivity index (χ4v) is 5.98. The van der Waals surface area contributed by atoms with Gasteiger partial charge < -0.3 is 0 Å². The summed E-state index contributed by atoms with van der Waals surface area (Å²) in [6.07, 6.45) is 4.04. The first-order valence-corrected chi connectivity index (χ1v) is 8.87. The van der Waals surface area contributed by atoms with Gasteiger partial charge in [-0.2, -0.15) is 0 Å². The number of benzene rings is 2. The zero-order chi connectivity index (χ0) is 13.8. The lowest BCUT2D eigenvalue weighted by molar-refractivity contribution is 0.249. The first-order valence-electron chi connectivity index (χ1n) is 7.46. The highest BCUT2D eigenvalue weighted by Crippen LogP contribution is 2.44. The lowest BCUT2D eigenvalue weighted by Gasteiger charge is -2.38. The van der Waals surface area contributed by atoms with Gasteiger partial charge in [0.05, 0.1) is 0 Å². The molecule has 0 bridgehead atoms. The molecule has 0 aromatic heterocycles. The van der Waals surface area contributed by atoms with E-state index >= 15 is 0 Å². The highest BCUT2D eigenvalue weighted by Gasteiger charge is 2.29. The van der Waals surface area contributed by atoms with Crippen molar-refractivity contribution in [1.82, 2.24) is 4.90 Å². The molecule has 104 valence electrons. The molecule has 1 unspecified atom stereocenters. The molecule has 0 aliphatic carbocycles. The molecule has 1 aliphatic rings. The van der Waals surface area contributed by atoms with Crippen LogP contribution in [0.4, 0.5) is 0 Å². The molecule has 2 heteroatoms. The second-order valence-electron chi connectivity index (χ2n) is 5.50. The van der Waals surface area contributed by atoms with Crippen molar-refractivity contribution in [3.8, 4) is 0 Å². The summed E-state index contributed by atoms with van der Waals surface area (Å²) < 4.78 is 0. The Morgan fingerprint density at radius 3 is 1.90 bits per heavy atom. The van der Waals surface area contributed by atoms with Gasteiger partial charge in [0.25, 0.3) is 0 Å². The highest BCUT2D eigenvalue weighted by molar-refractivity contribution is 7.73. The van der Waals surface area contributed by atoms with Crippen LogP contribution in [0.25, 0.3) is 0 Å². The van der Waals surface area contributed by atoms with Crippen molar-refractivity contribution in [2.24, 2.45) is 0 Å². The molecule has 1 nitrogen and oxygen atoms in total. The van der Waals surface area contributed by atoms with Gasteiger partial charge in [-0.15, -0.1) is 0 Å². The SMILES string of the molecule is CN1CCCCC1P(c1ccccc1)c1ccccc1. The van der Waals surface area contributed by atoms with Gasteiger partial charge in [0.15, 0.2) is 0 Å². The predicted octanol–water partition coefficient (Wildman–Crippen LogP) is 3.56. The van der Waals surface area contributed by atoms with E-state index in [0.717, 1.165) is 0 Å². The Balaban J connectivity index is 1.99. The number of hydrogen-bond acceptors (Lipinski definition) is 1. The van der Waals surface area contributed by atoms with E-state index in [1.807, 2.05) is 0 Å². The third kappa shape index (κ3) is 2.95. The average Bonchev–Trinajstić information content (AvgIpc) is 2.52. The average molecular weight is 283 g/mol. The molecule has 1 saturated heterocycles. The van der Waals surface area contributed by atoms with Gasteiger partial charge in [-0.1, -0.05) is 67.1 Å². The van der Waals surface area contributed by atoms with E-state index in [9.17, 15) is 0 Å². The van der Waals surface area contributed by atoms with Crippen molar-refractivity contribution in [3.63, 3.8) is 0 Å². The molecule has 1 heterocycles. The Morgan fingerprint density at radius 1 is 0.850 bits per heavy atom. The normalized spacial score (nSPS) is 20.2. The summed E-state index contributed by atoms with van der Waals surface area (Å²) in [5.41, 5.74) is 0. The van der Waals surface area contributed by atoms with E-state index in [2.05, 4.69) is 72.6 Å². The van der Waals surface area contributed by atoms with Crippen LogP contribution in [0.3, 0.4) is 0 Å². The number of rotatable bonds is 3. The minimum absolute atomic E-state index is 0.282. The summed E-state index contributed by atoms with van der Waals surface area (Å²) in [5.74, 6) is 0.684. The predicted molar refractivity (Wildman–Crippen MR) is 89.3 cm³/mol. The van der Waals surface area contributed by atoms with Crippen molar-refractivity contribution in [1.29, 1.82) is 0 Å². The van der Waals surface area contributed by atoms with E-state index < -0.39 is 0 Å². The minimum Gasteiger partial charge on any atom is -0.299 e. The van der Waals surface area contributed by atoms with Gasteiger partial charge in [0, 0.05) is 5.78 Å². The first-order chi connectivity index (χ1) is 9.86. The molecule has 3 rings (SSSR count). The molecular weight excluding hydrogens is 261 g/mol. The van der Waals surface area contributed by atoms with Crippen molar-refractivity contribution in [3.05, 3.63) is 60.7 Å². The monoisotopic (exact) mass is 283 g/mol. The van der Waals surface area contributed by atoms with Crippen LogP contribution in [-0.2, 0) is 0 Å². The fraction of sp³-hybridized carbons (Fsp3) is 0.333. The molecular formula is C18H22NP. The topological polar surface area (TPSA) is 3.24 Å². The molecule has 20 heavy (non-hydrogen) atoms. The quantitative estimate of drug-likeness (QED) is 0.779. The van der Waals surface area contributed by atoms with E-state index in [-0.39, 0.29) is 7.92 Å². The smallest absolute Gasteiger partial charge is 0.0375 e. The van der Waals surface area contributed by atoms with Gasteiger partial charge in [0.2, 0.25) is 0 Å². The largest absolute Gasteiger partial charge is 0.299 e. The Labute approximate surface area is 123 Å². The molecule has 0 spiro atoms. The Morgan fingerprint density at radius 2 is 1.40 bits per heavy atom. The van der Waals surface area contributed by atoms with Gasteiger partial charge >= 0.3 is 0 Å². The van der Waals surface area contributed by atoms with Gasteiger partial charge in [-0.25, -0.2) is 0 Å². The molecule has 1 atom stereocenters. The van der Waals surface area contributed by atoms with Crippen LogP contribution in [0.15, 0.2) is 60.7 Å². The summed E-state index contributed by atoms with van der Waals surface area (Å²) in [4.78, 5) is 2.58. The number of hydrogen-bond donors (Lipinski definition) is 0. The number of piperidine rings is 1. The van der Waals surface area contributed by atoms with Crippen LogP contribution in [-0.4, -0.2) is 24.3 Å². The van der Waals surface area contributed by atoms with E-state index in [0.29, 0.717) is 5.78 Å². The molecule has 0 radical (unpaired) electrons. The van der Waals surface area contributed by atoms with Crippen LogP contribution >= 0.6 is 7.92 Å². The van der Waals surface area contributed by atoms with Gasteiger partial charge in [-0.3, -0.25) is 4.90 Å². The second-order valence-corrected chi connectivity index (χ2v) is 7.87. The van der Waals surface area contributed by atoms with E-state index in [1.165, 1.54) is 36.4 Å². The molecule has 0 saturated carbocycles. The van der Waals surface area contributed by atoms with E-state index in [4.69, 9.17) is 0 Å². The molecule has 1 fully saturated rings. The van der Waals surface area contributed by atoms with E-state index in [1.54, 1.807) is 0 Å². The molecule has 0 N–H and O–H groups in total. The maximum absolute atomic E-state index is 2.58. The van der Waals surface area contributed by atoms with Crippen LogP contribution in [0.1, 0.15) is 19.3 Å². The third-order valence-electron chi connectivity index (χ3n) is 4.10. The third-order valence-corrected chi connectivity index (χ3v) is 7.06. The maximum atomic E-state index is 2.58. The maximum Gasteiger partial charge on any atom is 0.0375 e. The molecule has 2 aromatic carbocycles. The highest BCUT2D eigenvalue weighted by atomic mass is 31.1. The number of likely N-dealkylation sites (tertiary alicyclic amines) is 1. The Hall–Kier alpha value is -1.17. The fourth-order valence-electron chi connectivity index (χ4n) is 3.05. The summed E-state index contributed by atoms with van der Waals surface area (Å²) >= 11 is 0. The van der Waals surface area contributed by atoms with Gasteiger partial charge in [-0.05, 0) is 45.0 Å². The molecule has 2 aromatic rings. The van der Waals surface area contributed by atoms with Crippen LogP contribution < -0.4 is 10.6 Å². The lowest BCUT2D eigenvalue weighted by Crippen LogP contribution is -2.39. The van der Waals surface area contributed by atoms with Crippen LogP contribution in [0.2, 0.25) is 0 Å². The summed E-state index contributed by atoms with van der Waals surface area (Å²) in [7, 11) is 2.01. The first kappa shape index (κ1) is 13.8.